The van der Waals surface area contributed by atoms with Gasteiger partial charge in [0.2, 0.25) is 0 Å². The number of aromatic hydroxyl groups is 2. The Morgan fingerprint density at radius 1 is 1.12 bits per heavy atom. The molecule has 0 spiro atoms. The lowest BCUT2D eigenvalue weighted by Crippen LogP contribution is -2.27. The summed E-state index contributed by atoms with van der Waals surface area (Å²) in [4.78, 5) is 25.2. The number of benzene rings is 2. The number of carboxylic acids is 1. The third-order valence-electron chi connectivity index (χ3n) is 3.64. The molecular formula is C18H13NO5S2. The van der Waals surface area contributed by atoms with Crippen molar-refractivity contribution in [2.24, 2.45) is 0 Å². The number of carbonyl (C=O) groups is 2. The van der Waals surface area contributed by atoms with Crippen LogP contribution < -0.4 is 4.90 Å². The van der Waals surface area contributed by atoms with Crippen molar-refractivity contribution in [1.82, 2.24) is 0 Å². The second-order valence-electron chi connectivity index (χ2n) is 5.50. The monoisotopic (exact) mass is 387 g/mol. The number of carboxylic acid groups (broad SMARTS) is 1. The molecule has 1 aliphatic rings. The van der Waals surface area contributed by atoms with Gasteiger partial charge in [-0.25, -0.2) is 0 Å². The molecule has 0 radical (unpaired) electrons. The van der Waals surface area contributed by atoms with Crippen molar-refractivity contribution in [2.45, 2.75) is 6.42 Å². The smallest absolute Gasteiger partial charge is 0.307 e. The van der Waals surface area contributed by atoms with Crippen LogP contribution in [0.1, 0.15) is 11.1 Å². The number of phenolic OH excluding ortho intramolecular Hbond substituents is 2. The molecule has 132 valence electrons. The summed E-state index contributed by atoms with van der Waals surface area (Å²) in [5.74, 6) is -1.75. The van der Waals surface area contributed by atoms with Crippen molar-refractivity contribution >= 4 is 51.9 Å². The Labute approximate surface area is 158 Å². The summed E-state index contributed by atoms with van der Waals surface area (Å²) in [6, 6.07) is 10.8. The number of nitrogens with zero attached hydrogens (tertiary/aromatic N) is 1. The molecule has 3 rings (SSSR count). The van der Waals surface area contributed by atoms with Crippen molar-refractivity contribution < 1.29 is 24.9 Å². The Kier molecular flexibility index (Phi) is 4.97. The number of hydrogen-bond donors (Lipinski definition) is 3. The number of aliphatic carboxylic acids is 1. The van der Waals surface area contributed by atoms with Crippen molar-refractivity contribution in [1.29, 1.82) is 0 Å². The van der Waals surface area contributed by atoms with Crippen molar-refractivity contribution in [3.8, 4) is 11.5 Å². The number of carbonyl (C=O) groups excluding carboxylic acids is 1. The minimum atomic E-state index is -0.927. The molecule has 0 aromatic heterocycles. The molecule has 6 nitrogen and oxygen atoms in total. The van der Waals surface area contributed by atoms with E-state index in [1.807, 2.05) is 0 Å². The fourth-order valence-electron chi connectivity index (χ4n) is 2.41. The van der Waals surface area contributed by atoms with E-state index in [0.717, 1.165) is 11.8 Å². The first-order valence-electron chi connectivity index (χ1n) is 7.46. The molecule has 0 saturated carbocycles. The Morgan fingerprint density at radius 3 is 2.42 bits per heavy atom. The maximum absolute atomic E-state index is 12.7. The van der Waals surface area contributed by atoms with Gasteiger partial charge in [0.15, 0.2) is 15.8 Å². The summed E-state index contributed by atoms with van der Waals surface area (Å²) in [6.45, 7) is 0. The quantitative estimate of drug-likeness (QED) is 0.421. The molecule has 8 heteroatoms. The van der Waals surface area contributed by atoms with Gasteiger partial charge in [-0.05, 0) is 41.5 Å². The highest BCUT2D eigenvalue weighted by molar-refractivity contribution is 8.27. The molecule has 0 aliphatic carbocycles. The third kappa shape index (κ3) is 3.71. The van der Waals surface area contributed by atoms with Crippen molar-refractivity contribution in [2.75, 3.05) is 4.90 Å². The Balaban J connectivity index is 1.85. The average Bonchev–Trinajstić information content (AvgIpc) is 2.85. The van der Waals surface area contributed by atoms with Crippen LogP contribution >= 0.6 is 24.0 Å². The number of thiocarbonyl (C=S) groups is 1. The molecule has 1 fully saturated rings. The number of phenols is 2. The lowest BCUT2D eigenvalue weighted by molar-refractivity contribution is -0.136. The van der Waals surface area contributed by atoms with E-state index < -0.39 is 5.97 Å². The Bertz CT molecular complexity index is 937. The highest BCUT2D eigenvalue weighted by atomic mass is 32.2. The summed E-state index contributed by atoms with van der Waals surface area (Å²) < 4.78 is 0.357. The summed E-state index contributed by atoms with van der Waals surface area (Å²) in [5.41, 5.74) is 1.73. The van der Waals surface area contributed by atoms with E-state index >= 15 is 0 Å². The van der Waals surface area contributed by atoms with Gasteiger partial charge in [0, 0.05) is 0 Å². The van der Waals surface area contributed by atoms with E-state index in [9.17, 15) is 19.8 Å². The molecule has 2 aromatic carbocycles. The van der Waals surface area contributed by atoms with Gasteiger partial charge in [0.25, 0.3) is 5.91 Å². The molecule has 26 heavy (non-hydrogen) atoms. The van der Waals surface area contributed by atoms with Crippen LogP contribution in [0.4, 0.5) is 5.69 Å². The molecule has 1 saturated heterocycles. The third-order valence-corrected chi connectivity index (χ3v) is 4.94. The fraction of sp³-hybridized carbons (Fsp3) is 0.0556. The number of hydrogen-bond acceptors (Lipinski definition) is 6. The summed E-state index contributed by atoms with van der Waals surface area (Å²) in [7, 11) is 0. The molecule has 2 aromatic rings. The average molecular weight is 387 g/mol. The van der Waals surface area contributed by atoms with Gasteiger partial charge >= 0.3 is 5.97 Å². The van der Waals surface area contributed by atoms with Crippen LogP contribution in [0.2, 0.25) is 0 Å². The standard InChI is InChI=1S/C18H13NO5S2/c20-13-6-3-11(7-14(13)21)8-15-17(24)19(18(25)26-15)12-4-1-10(2-5-12)9-16(22)23/h1-8,20-21H,9H2,(H,22,23)/b15-8-. The van der Waals surface area contributed by atoms with Gasteiger partial charge in [0.05, 0.1) is 17.0 Å². The van der Waals surface area contributed by atoms with Crippen LogP contribution in [-0.4, -0.2) is 31.5 Å². The van der Waals surface area contributed by atoms with E-state index in [4.69, 9.17) is 17.3 Å². The molecule has 1 aliphatic heterocycles. The van der Waals surface area contributed by atoms with E-state index in [0.29, 0.717) is 26.0 Å². The van der Waals surface area contributed by atoms with E-state index in [1.165, 1.54) is 17.0 Å². The fourth-order valence-corrected chi connectivity index (χ4v) is 3.71. The largest absolute Gasteiger partial charge is 0.504 e. The second kappa shape index (κ2) is 7.19. The first kappa shape index (κ1) is 18.0. The number of rotatable bonds is 4. The first-order valence-corrected chi connectivity index (χ1v) is 8.68. The molecule has 0 bridgehead atoms. The lowest BCUT2D eigenvalue weighted by atomic mass is 10.1. The SMILES string of the molecule is O=C(O)Cc1ccc(N2C(=O)/C(=C/c3ccc(O)c(O)c3)SC2=S)cc1. The second-order valence-corrected chi connectivity index (χ2v) is 7.18. The molecule has 0 atom stereocenters. The molecule has 1 heterocycles. The van der Waals surface area contributed by atoms with Crippen LogP contribution in [0.5, 0.6) is 11.5 Å². The normalized spacial score (nSPS) is 15.7. The molecule has 0 unspecified atom stereocenters. The zero-order valence-corrected chi connectivity index (χ0v) is 14.9. The number of anilines is 1. The van der Waals surface area contributed by atoms with Crippen LogP contribution in [0.15, 0.2) is 47.4 Å². The van der Waals surface area contributed by atoms with Gasteiger partial charge < -0.3 is 15.3 Å². The van der Waals surface area contributed by atoms with Gasteiger partial charge in [-0.15, -0.1) is 0 Å². The Morgan fingerprint density at radius 2 is 1.81 bits per heavy atom. The topological polar surface area (TPSA) is 98.1 Å². The van der Waals surface area contributed by atoms with Crippen LogP contribution in [0.25, 0.3) is 6.08 Å². The van der Waals surface area contributed by atoms with Crippen LogP contribution in [-0.2, 0) is 16.0 Å². The van der Waals surface area contributed by atoms with E-state index in [2.05, 4.69) is 0 Å². The molecule has 3 N–H and O–H groups in total. The first-order chi connectivity index (χ1) is 12.3. The maximum Gasteiger partial charge on any atom is 0.307 e. The summed E-state index contributed by atoms with van der Waals surface area (Å²) in [6.07, 6.45) is 1.49. The molecule has 1 amide bonds. The predicted molar refractivity (Wildman–Crippen MR) is 103 cm³/mol. The van der Waals surface area contributed by atoms with Gasteiger partial charge in [0.1, 0.15) is 0 Å². The predicted octanol–water partition coefficient (Wildman–Crippen LogP) is 3.13. The zero-order valence-electron chi connectivity index (χ0n) is 13.2. The van der Waals surface area contributed by atoms with Gasteiger partial charge in [-0.3, -0.25) is 14.5 Å². The Hall–Kier alpha value is -2.84. The van der Waals surface area contributed by atoms with Crippen LogP contribution in [0, 0.1) is 0 Å². The summed E-state index contributed by atoms with van der Waals surface area (Å²) >= 11 is 6.41. The minimum absolute atomic E-state index is 0.0943. The van der Waals surface area contributed by atoms with Gasteiger partial charge in [-0.2, -0.15) is 0 Å². The van der Waals surface area contributed by atoms with E-state index in [1.54, 1.807) is 36.4 Å². The zero-order chi connectivity index (χ0) is 18.8. The number of amides is 1. The minimum Gasteiger partial charge on any atom is -0.504 e. The number of thioether (sulfide) groups is 1. The van der Waals surface area contributed by atoms with Crippen molar-refractivity contribution in [3.63, 3.8) is 0 Å². The highest BCUT2D eigenvalue weighted by Gasteiger charge is 2.33. The van der Waals surface area contributed by atoms with Crippen molar-refractivity contribution in [3.05, 3.63) is 58.5 Å². The lowest BCUT2D eigenvalue weighted by Gasteiger charge is -2.14. The summed E-state index contributed by atoms with van der Waals surface area (Å²) in [5, 5.41) is 27.7. The maximum atomic E-state index is 12.7. The van der Waals surface area contributed by atoms with Crippen LogP contribution in [0.3, 0.4) is 0 Å². The van der Waals surface area contributed by atoms with E-state index in [-0.39, 0.29) is 23.8 Å². The van der Waals surface area contributed by atoms with Gasteiger partial charge in [-0.1, -0.05) is 42.2 Å². The molecular weight excluding hydrogens is 374 g/mol. The highest BCUT2D eigenvalue weighted by Crippen LogP contribution is 2.37.